The van der Waals surface area contributed by atoms with E-state index < -0.39 is 9.93 Å². The van der Waals surface area contributed by atoms with E-state index in [2.05, 4.69) is 0 Å². The molecule has 0 fully saturated rings. The van der Waals surface area contributed by atoms with Gasteiger partial charge in [-0.05, 0) is 12.1 Å². The lowest BCUT2D eigenvalue weighted by Gasteiger charge is -1.97. The molecule has 0 saturated heterocycles. The average molecular weight is 183 g/mol. The fraction of sp³-hybridized carbons (Fsp3) is 0.222. The van der Waals surface area contributed by atoms with Crippen molar-refractivity contribution in [3.05, 3.63) is 35.9 Å². The van der Waals surface area contributed by atoms with E-state index in [-0.39, 0.29) is 5.12 Å². The molecule has 1 aromatic rings. The van der Waals surface area contributed by atoms with E-state index in [0.29, 0.717) is 5.56 Å². The normalized spacial score (nSPS) is 11.2. The molecule has 0 amide bonds. The molecule has 12 heavy (non-hydrogen) atoms. The van der Waals surface area contributed by atoms with Crippen molar-refractivity contribution >= 4 is 15.0 Å². The minimum atomic E-state index is -2.34. The molecule has 0 bridgehead atoms. The van der Waals surface area contributed by atoms with Gasteiger partial charge in [-0.15, -0.1) is 0 Å². The van der Waals surface area contributed by atoms with Crippen molar-refractivity contribution in [2.75, 3.05) is 12.5 Å². The van der Waals surface area contributed by atoms with Gasteiger partial charge >= 0.3 is 5.12 Å². The zero-order chi connectivity index (χ0) is 9.19. The first-order valence-corrected chi connectivity index (χ1v) is 5.93. The summed E-state index contributed by atoms with van der Waals surface area (Å²) in [4.78, 5) is 11.4. The molecular formula is C9H11O2S+. The lowest BCUT2D eigenvalue weighted by Crippen LogP contribution is -2.18. The molecule has 0 aliphatic heterocycles. The smallest absolute Gasteiger partial charge is 0.232 e. The van der Waals surface area contributed by atoms with Crippen molar-refractivity contribution in [2.24, 2.45) is 0 Å². The molecule has 0 N–H and O–H groups in total. The second kappa shape index (κ2) is 3.19. The maximum atomic E-state index is 11.4. The second-order valence-electron chi connectivity index (χ2n) is 2.89. The molecular weight excluding hydrogens is 172 g/mol. The van der Waals surface area contributed by atoms with Crippen LogP contribution in [0.2, 0.25) is 0 Å². The van der Waals surface area contributed by atoms with Crippen molar-refractivity contribution in [3.63, 3.8) is 0 Å². The first-order valence-electron chi connectivity index (χ1n) is 3.55. The minimum absolute atomic E-state index is 0.275. The highest BCUT2D eigenvalue weighted by Gasteiger charge is 2.27. The second-order valence-corrected chi connectivity index (χ2v) is 5.72. The lowest BCUT2D eigenvalue weighted by atomic mass is 10.2. The molecule has 0 saturated carbocycles. The van der Waals surface area contributed by atoms with Gasteiger partial charge in [-0.3, -0.25) is 0 Å². The van der Waals surface area contributed by atoms with Crippen molar-refractivity contribution in [2.45, 2.75) is 0 Å². The molecule has 2 nitrogen and oxygen atoms in total. The molecule has 0 atom stereocenters. The van der Waals surface area contributed by atoms with Crippen LogP contribution in [0.4, 0.5) is 0 Å². The van der Waals surface area contributed by atoms with Crippen LogP contribution in [-0.2, 0) is 14.1 Å². The number of carbonyl (C=O) groups excluding carboxylic acids is 1. The Kier molecular flexibility index (Phi) is 2.43. The topological polar surface area (TPSA) is 34.1 Å². The van der Waals surface area contributed by atoms with Gasteiger partial charge in [0.15, 0.2) is 0 Å². The third-order valence-electron chi connectivity index (χ3n) is 1.46. The van der Waals surface area contributed by atoms with Gasteiger partial charge in [-0.2, -0.15) is 0 Å². The van der Waals surface area contributed by atoms with Crippen LogP contribution in [0.5, 0.6) is 0 Å². The molecule has 0 aliphatic rings. The van der Waals surface area contributed by atoms with Crippen LogP contribution >= 0.6 is 0 Å². The quantitative estimate of drug-likeness (QED) is 0.619. The van der Waals surface area contributed by atoms with Crippen molar-refractivity contribution in [1.29, 1.82) is 0 Å². The highest BCUT2D eigenvalue weighted by atomic mass is 32.2. The third-order valence-corrected chi connectivity index (χ3v) is 2.58. The Morgan fingerprint density at radius 1 is 1.17 bits per heavy atom. The van der Waals surface area contributed by atoms with Crippen LogP contribution in [0.15, 0.2) is 30.3 Å². The van der Waals surface area contributed by atoms with Gasteiger partial charge in [-0.1, -0.05) is 22.4 Å². The number of carbonyl (C=O) groups is 1. The Balaban J connectivity index is 3.03. The number of benzene rings is 1. The summed E-state index contributed by atoms with van der Waals surface area (Å²) in [5, 5.41) is -0.275. The van der Waals surface area contributed by atoms with Crippen LogP contribution in [0.3, 0.4) is 0 Å². The fourth-order valence-corrected chi connectivity index (χ4v) is 1.56. The summed E-state index contributed by atoms with van der Waals surface area (Å²) in [5.41, 5.74) is 0.521. The van der Waals surface area contributed by atoms with Crippen LogP contribution in [0.25, 0.3) is 0 Å². The third kappa shape index (κ3) is 2.01. The summed E-state index contributed by atoms with van der Waals surface area (Å²) in [7, 11) is -2.34. The largest absolute Gasteiger partial charge is 0.364 e. The van der Waals surface area contributed by atoms with Gasteiger partial charge in [0.2, 0.25) is 0 Å². The molecule has 0 radical (unpaired) electrons. The predicted molar refractivity (Wildman–Crippen MR) is 50.7 cm³/mol. The molecule has 0 aliphatic carbocycles. The summed E-state index contributed by atoms with van der Waals surface area (Å²) in [6, 6.07) is 8.70. The first-order chi connectivity index (χ1) is 5.52. The highest BCUT2D eigenvalue weighted by molar-refractivity contribution is 8.15. The number of hydrogen-bond acceptors (Lipinski definition) is 2. The summed E-state index contributed by atoms with van der Waals surface area (Å²) in [6.45, 7) is 0. The predicted octanol–water partition coefficient (Wildman–Crippen LogP) is 1.59. The van der Waals surface area contributed by atoms with Gasteiger partial charge in [-0.25, -0.2) is 4.79 Å². The maximum Gasteiger partial charge on any atom is 0.364 e. The summed E-state index contributed by atoms with van der Waals surface area (Å²) >= 11 is 0. The molecule has 64 valence electrons. The summed E-state index contributed by atoms with van der Waals surface area (Å²) in [6.07, 6.45) is 2.92. The summed E-state index contributed by atoms with van der Waals surface area (Å²) < 4.78 is 11.3. The van der Waals surface area contributed by atoms with E-state index in [0.717, 1.165) is 0 Å². The molecule has 0 aromatic heterocycles. The standard InChI is InChI=1S/C9H11O2S/c1-12(2,11)9(10)8-6-4-3-5-7-8/h3-7H,1-2H3/q+1. The van der Waals surface area contributed by atoms with E-state index in [9.17, 15) is 9.00 Å². The van der Waals surface area contributed by atoms with Gasteiger partial charge in [0, 0.05) is 0 Å². The molecule has 1 aromatic carbocycles. The zero-order valence-electron chi connectivity index (χ0n) is 7.11. The van der Waals surface area contributed by atoms with Gasteiger partial charge in [0.25, 0.3) is 0 Å². The van der Waals surface area contributed by atoms with Crippen LogP contribution in [0.1, 0.15) is 10.4 Å². The average Bonchev–Trinajstić information content (AvgIpc) is 2.03. The monoisotopic (exact) mass is 183 g/mol. The number of rotatable bonds is 1. The SMILES string of the molecule is C[S+](C)(=O)C(=O)c1ccccc1. The van der Waals surface area contributed by atoms with Crippen molar-refractivity contribution < 1.29 is 9.00 Å². The Morgan fingerprint density at radius 2 is 1.67 bits per heavy atom. The van der Waals surface area contributed by atoms with Gasteiger partial charge in [0.05, 0.1) is 5.56 Å². The van der Waals surface area contributed by atoms with Gasteiger partial charge in [0.1, 0.15) is 22.4 Å². The van der Waals surface area contributed by atoms with E-state index in [1.807, 2.05) is 6.07 Å². The Morgan fingerprint density at radius 3 is 2.08 bits per heavy atom. The maximum absolute atomic E-state index is 11.4. The van der Waals surface area contributed by atoms with Crippen molar-refractivity contribution in [1.82, 2.24) is 0 Å². The van der Waals surface area contributed by atoms with Crippen molar-refractivity contribution in [3.8, 4) is 0 Å². The van der Waals surface area contributed by atoms with E-state index in [1.54, 1.807) is 24.3 Å². The number of hydrogen-bond donors (Lipinski definition) is 0. The van der Waals surface area contributed by atoms with Crippen LogP contribution in [-0.4, -0.2) is 17.6 Å². The zero-order valence-corrected chi connectivity index (χ0v) is 7.93. The van der Waals surface area contributed by atoms with Gasteiger partial charge < -0.3 is 0 Å². The molecule has 0 spiro atoms. The molecule has 0 unspecified atom stereocenters. The Hall–Kier alpha value is -0.960. The first kappa shape index (κ1) is 9.13. The Bertz CT molecular complexity index is 324. The summed E-state index contributed by atoms with van der Waals surface area (Å²) in [5.74, 6) is 0. The van der Waals surface area contributed by atoms with Crippen LogP contribution < -0.4 is 0 Å². The van der Waals surface area contributed by atoms with Crippen LogP contribution in [0, 0.1) is 0 Å². The van der Waals surface area contributed by atoms with E-state index in [4.69, 9.17) is 0 Å². The Labute approximate surface area is 73.0 Å². The highest BCUT2D eigenvalue weighted by Crippen LogP contribution is 2.07. The lowest BCUT2D eigenvalue weighted by molar-refractivity contribution is 0.107. The molecule has 0 heterocycles. The van der Waals surface area contributed by atoms with E-state index in [1.165, 1.54) is 12.5 Å². The fourth-order valence-electron chi connectivity index (χ4n) is 0.858. The minimum Gasteiger partial charge on any atom is -0.232 e. The molecule has 3 heteroatoms. The molecule has 1 rings (SSSR count). The van der Waals surface area contributed by atoms with E-state index >= 15 is 0 Å².